The van der Waals surface area contributed by atoms with Crippen molar-refractivity contribution in [2.24, 2.45) is 0 Å². The van der Waals surface area contributed by atoms with Gasteiger partial charge in [-0.3, -0.25) is 5.10 Å². The van der Waals surface area contributed by atoms with Gasteiger partial charge in [-0.1, -0.05) is 0 Å². The van der Waals surface area contributed by atoms with Gasteiger partial charge in [0.25, 0.3) is 0 Å². The van der Waals surface area contributed by atoms with Gasteiger partial charge in [-0.25, -0.2) is 4.79 Å². The van der Waals surface area contributed by atoms with Crippen LogP contribution < -0.4 is 0 Å². The first-order chi connectivity index (χ1) is 9.20. The predicted molar refractivity (Wildman–Crippen MR) is 59.3 cm³/mol. The molecular formula is C11H7F3N2O4. The number of aromatic nitrogens is 2. The van der Waals surface area contributed by atoms with Gasteiger partial charge in [0.05, 0.1) is 5.69 Å². The van der Waals surface area contributed by atoms with Gasteiger partial charge in [0.2, 0.25) is 0 Å². The molecule has 0 atom stereocenters. The van der Waals surface area contributed by atoms with Crippen molar-refractivity contribution >= 4 is 5.97 Å². The molecule has 0 unspecified atom stereocenters. The highest BCUT2D eigenvalue weighted by Crippen LogP contribution is 2.43. The number of aromatic amines is 1. The number of carboxylic acid groups (broad SMARTS) is 1. The van der Waals surface area contributed by atoms with Crippen molar-refractivity contribution in [1.29, 1.82) is 0 Å². The van der Waals surface area contributed by atoms with Crippen LogP contribution in [0.4, 0.5) is 13.2 Å². The van der Waals surface area contributed by atoms with Crippen LogP contribution in [0.15, 0.2) is 18.2 Å². The molecule has 1 aromatic heterocycles. The fourth-order valence-electron chi connectivity index (χ4n) is 1.60. The van der Waals surface area contributed by atoms with Crippen molar-refractivity contribution in [3.8, 4) is 22.8 Å². The van der Waals surface area contributed by atoms with E-state index in [-0.39, 0.29) is 11.4 Å². The SMILES string of the molecule is O=C(O)c1cc(-c2cc(O)cc(C(F)(F)F)c2O)n[nH]1. The number of carboxylic acids is 1. The van der Waals surface area contributed by atoms with Gasteiger partial charge < -0.3 is 15.3 Å². The number of H-pyrrole nitrogens is 1. The van der Waals surface area contributed by atoms with Crippen LogP contribution in [0, 0.1) is 0 Å². The molecule has 106 valence electrons. The Labute approximate surface area is 109 Å². The highest BCUT2D eigenvalue weighted by Gasteiger charge is 2.36. The third-order valence-electron chi connectivity index (χ3n) is 2.48. The molecule has 2 rings (SSSR count). The van der Waals surface area contributed by atoms with Gasteiger partial charge in [-0.2, -0.15) is 18.3 Å². The molecule has 9 heteroatoms. The number of alkyl halides is 3. The number of hydrogen-bond acceptors (Lipinski definition) is 4. The summed E-state index contributed by atoms with van der Waals surface area (Å²) in [6.07, 6.45) is -4.87. The molecule has 1 heterocycles. The van der Waals surface area contributed by atoms with Crippen LogP contribution in [0.3, 0.4) is 0 Å². The average molecular weight is 288 g/mol. The molecule has 0 spiro atoms. The number of carbonyl (C=O) groups is 1. The Hall–Kier alpha value is -2.71. The minimum absolute atomic E-state index is 0.235. The molecule has 0 aliphatic rings. The number of aromatic hydroxyl groups is 2. The number of nitrogens with one attached hydrogen (secondary N) is 1. The van der Waals surface area contributed by atoms with E-state index in [4.69, 9.17) is 5.11 Å². The van der Waals surface area contributed by atoms with Gasteiger partial charge >= 0.3 is 12.1 Å². The van der Waals surface area contributed by atoms with Crippen LogP contribution in [-0.4, -0.2) is 31.5 Å². The average Bonchev–Trinajstić information content (AvgIpc) is 2.79. The summed E-state index contributed by atoms with van der Waals surface area (Å²) >= 11 is 0. The van der Waals surface area contributed by atoms with Crippen LogP contribution in [0.1, 0.15) is 16.1 Å². The first kappa shape index (κ1) is 13.7. The Morgan fingerprint density at radius 3 is 2.35 bits per heavy atom. The molecule has 4 N–H and O–H groups in total. The quantitative estimate of drug-likeness (QED) is 0.634. The van der Waals surface area contributed by atoms with E-state index in [9.17, 15) is 28.2 Å². The van der Waals surface area contributed by atoms with Gasteiger partial charge in [-0.15, -0.1) is 0 Å². The third-order valence-corrected chi connectivity index (χ3v) is 2.48. The first-order valence-corrected chi connectivity index (χ1v) is 5.12. The van der Waals surface area contributed by atoms with Gasteiger partial charge in [0, 0.05) is 5.56 Å². The summed E-state index contributed by atoms with van der Waals surface area (Å²) in [5, 5.41) is 33.2. The molecule has 1 aromatic carbocycles. The highest BCUT2D eigenvalue weighted by atomic mass is 19.4. The lowest BCUT2D eigenvalue weighted by molar-refractivity contribution is -0.138. The van der Waals surface area contributed by atoms with Gasteiger partial charge in [0.1, 0.15) is 22.8 Å². The summed E-state index contributed by atoms with van der Waals surface area (Å²) in [6.45, 7) is 0. The minimum atomic E-state index is -4.87. The zero-order valence-corrected chi connectivity index (χ0v) is 9.56. The number of phenolic OH excluding ortho intramolecular Hbond substituents is 2. The monoisotopic (exact) mass is 288 g/mol. The maximum atomic E-state index is 12.7. The molecule has 2 aromatic rings. The van der Waals surface area contributed by atoms with Crippen LogP contribution in [0.5, 0.6) is 11.5 Å². The highest BCUT2D eigenvalue weighted by molar-refractivity contribution is 5.87. The molecule has 0 aliphatic heterocycles. The van der Waals surface area contributed by atoms with E-state index < -0.39 is 34.8 Å². The Kier molecular flexibility index (Phi) is 3.04. The smallest absolute Gasteiger partial charge is 0.420 e. The number of hydrogen-bond donors (Lipinski definition) is 4. The van der Waals surface area contributed by atoms with Gasteiger partial charge in [-0.05, 0) is 18.2 Å². The molecule has 0 fully saturated rings. The standard InChI is InChI=1S/C11H7F3N2O4/c12-11(13,14)6-2-4(17)1-5(9(6)18)7-3-8(10(19)20)16-15-7/h1-3,17-18H,(H,15,16)(H,19,20). The molecular weight excluding hydrogens is 281 g/mol. The van der Waals surface area contributed by atoms with Gasteiger partial charge in [0.15, 0.2) is 0 Å². The summed E-state index contributed by atoms with van der Waals surface area (Å²) in [5.41, 5.74) is -2.47. The van der Waals surface area contributed by atoms with Crippen LogP contribution >= 0.6 is 0 Å². The Morgan fingerprint density at radius 1 is 1.20 bits per heavy atom. The molecule has 0 saturated heterocycles. The number of benzene rings is 1. The summed E-state index contributed by atoms with van der Waals surface area (Å²) in [5.74, 6) is -3.23. The number of phenols is 2. The molecule has 0 saturated carbocycles. The van der Waals surface area contributed by atoms with Crippen molar-refractivity contribution in [2.45, 2.75) is 6.18 Å². The largest absolute Gasteiger partial charge is 0.508 e. The fraction of sp³-hybridized carbons (Fsp3) is 0.0909. The fourth-order valence-corrected chi connectivity index (χ4v) is 1.60. The molecule has 0 aliphatic carbocycles. The predicted octanol–water partition coefficient (Wildman–Crippen LogP) is 2.20. The normalized spacial score (nSPS) is 11.6. The summed E-state index contributed by atoms with van der Waals surface area (Å²) < 4.78 is 38.0. The minimum Gasteiger partial charge on any atom is -0.508 e. The molecule has 0 bridgehead atoms. The van der Waals surface area contributed by atoms with Crippen LogP contribution in [0.25, 0.3) is 11.3 Å². The Balaban J connectivity index is 2.62. The second kappa shape index (κ2) is 4.44. The summed E-state index contributed by atoms with van der Waals surface area (Å²) in [6, 6.07) is 2.16. The van der Waals surface area contributed by atoms with Crippen molar-refractivity contribution in [1.82, 2.24) is 10.2 Å². The van der Waals surface area contributed by atoms with Crippen molar-refractivity contribution in [3.63, 3.8) is 0 Å². The van der Waals surface area contributed by atoms with Crippen molar-refractivity contribution in [3.05, 3.63) is 29.5 Å². The van der Waals surface area contributed by atoms with E-state index in [1.807, 2.05) is 0 Å². The number of rotatable bonds is 2. The second-order valence-corrected chi connectivity index (χ2v) is 3.86. The number of aromatic carboxylic acids is 1. The topological polar surface area (TPSA) is 106 Å². The van der Waals surface area contributed by atoms with E-state index in [2.05, 4.69) is 10.2 Å². The van der Waals surface area contributed by atoms with E-state index in [0.29, 0.717) is 6.07 Å². The summed E-state index contributed by atoms with van der Waals surface area (Å²) in [7, 11) is 0. The lowest BCUT2D eigenvalue weighted by Gasteiger charge is -2.12. The van der Waals surface area contributed by atoms with E-state index in [1.165, 1.54) is 0 Å². The first-order valence-electron chi connectivity index (χ1n) is 5.12. The second-order valence-electron chi connectivity index (χ2n) is 3.86. The molecule has 0 radical (unpaired) electrons. The number of nitrogens with zero attached hydrogens (tertiary/aromatic N) is 1. The Bertz CT molecular complexity index is 679. The summed E-state index contributed by atoms with van der Waals surface area (Å²) in [4.78, 5) is 10.7. The lowest BCUT2D eigenvalue weighted by Crippen LogP contribution is -2.05. The molecule has 0 amide bonds. The van der Waals surface area contributed by atoms with Crippen molar-refractivity contribution < 1.29 is 33.3 Å². The lowest BCUT2D eigenvalue weighted by atomic mass is 10.0. The van der Waals surface area contributed by atoms with Crippen molar-refractivity contribution in [2.75, 3.05) is 0 Å². The van der Waals surface area contributed by atoms with E-state index >= 15 is 0 Å². The maximum absolute atomic E-state index is 12.7. The van der Waals surface area contributed by atoms with E-state index in [0.717, 1.165) is 12.1 Å². The van der Waals surface area contributed by atoms with Crippen LogP contribution in [-0.2, 0) is 6.18 Å². The zero-order chi connectivity index (χ0) is 15.1. The zero-order valence-electron chi connectivity index (χ0n) is 9.56. The molecule has 6 nitrogen and oxygen atoms in total. The maximum Gasteiger partial charge on any atom is 0.420 e. The molecule has 20 heavy (non-hydrogen) atoms. The van der Waals surface area contributed by atoms with Crippen LogP contribution in [0.2, 0.25) is 0 Å². The Morgan fingerprint density at radius 2 is 1.85 bits per heavy atom. The third kappa shape index (κ3) is 2.37. The number of halogens is 3. The van der Waals surface area contributed by atoms with E-state index in [1.54, 1.807) is 0 Å².